The average Bonchev–Trinajstić information content (AvgIpc) is 2.01. The lowest BCUT2D eigenvalue weighted by atomic mass is 9.96. The highest BCUT2D eigenvalue weighted by Gasteiger charge is 2.25. The molecule has 0 aromatic rings. The second-order valence-corrected chi connectivity index (χ2v) is 3.18. The van der Waals surface area contributed by atoms with Crippen LogP contribution in [0, 0.1) is 5.92 Å². The third-order valence-corrected chi connectivity index (χ3v) is 1.85. The van der Waals surface area contributed by atoms with Gasteiger partial charge in [0.05, 0.1) is 24.5 Å². The largest absolute Gasteiger partial charge is 0.481 e. The molecule has 0 aromatic carbocycles. The molecule has 0 fully saturated rings. The predicted molar refractivity (Wildman–Crippen MR) is 45.7 cm³/mol. The molecular formula is C8H14O6. The molecule has 0 aromatic heterocycles. The summed E-state index contributed by atoms with van der Waals surface area (Å²) in [5.74, 6) is -3.70. The molecule has 6 nitrogen and oxygen atoms in total. The number of carboxylic acids is 2. The van der Waals surface area contributed by atoms with Gasteiger partial charge in [0.25, 0.3) is 0 Å². The van der Waals surface area contributed by atoms with Gasteiger partial charge in [-0.25, -0.2) is 0 Å². The molecule has 0 saturated heterocycles. The average molecular weight is 206 g/mol. The van der Waals surface area contributed by atoms with Crippen LogP contribution >= 0.6 is 0 Å². The van der Waals surface area contributed by atoms with Crippen LogP contribution in [0.25, 0.3) is 0 Å². The van der Waals surface area contributed by atoms with Crippen molar-refractivity contribution >= 4 is 11.9 Å². The topological polar surface area (TPSA) is 115 Å². The summed E-state index contributed by atoms with van der Waals surface area (Å²) in [5, 5.41) is 35.0. The molecule has 0 aliphatic carbocycles. The molecule has 0 heterocycles. The number of carbonyl (C=O) groups is 2. The first-order chi connectivity index (χ1) is 6.34. The zero-order valence-electron chi connectivity index (χ0n) is 7.75. The van der Waals surface area contributed by atoms with Gasteiger partial charge >= 0.3 is 11.9 Å². The Morgan fingerprint density at radius 3 is 2.00 bits per heavy atom. The third-order valence-electron chi connectivity index (χ3n) is 1.85. The minimum absolute atomic E-state index is 0.265. The van der Waals surface area contributed by atoms with Gasteiger partial charge in [-0.2, -0.15) is 0 Å². The monoisotopic (exact) mass is 206 g/mol. The van der Waals surface area contributed by atoms with Crippen LogP contribution in [0.2, 0.25) is 0 Å². The summed E-state index contributed by atoms with van der Waals surface area (Å²) in [4.78, 5) is 20.8. The van der Waals surface area contributed by atoms with Crippen LogP contribution in [0.1, 0.15) is 19.8 Å². The van der Waals surface area contributed by atoms with Gasteiger partial charge in [0.1, 0.15) is 0 Å². The van der Waals surface area contributed by atoms with E-state index in [4.69, 9.17) is 20.4 Å². The fraction of sp³-hybridized carbons (Fsp3) is 0.750. The van der Waals surface area contributed by atoms with Crippen molar-refractivity contribution in [2.45, 2.75) is 32.0 Å². The molecule has 0 aliphatic heterocycles. The first kappa shape index (κ1) is 12.9. The van der Waals surface area contributed by atoms with Gasteiger partial charge < -0.3 is 20.4 Å². The summed E-state index contributed by atoms with van der Waals surface area (Å²) in [5.41, 5.74) is 0. The van der Waals surface area contributed by atoms with Crippen LogP contribution in [-0.2, 0) is 9.59 Å². The van der Waals surface area contributed by atoms with Gasteiger partial charge in [0, 0.05) is 0 Å². The van der Waals surface area contributed by atoms with E-state index in [1.807, 2.05) is 0 Å². The van der Waals surface area contributed by atoms with Crippen molar-refractivity contribution in [2.24, 2.45) is 5.92 Å². The van der Waals surface area contributed by atoms with E-state index in [2.05, 4.69) is 0 Å². The summed E-state index contributed by atoms with van der Waals surface area (Å²) in [6.45, 7) is 1.31. The maximum atomic E-state index is 10.5. The van der Waals surface area contributed by atoms with Crippen LogP contribution < -0.4 is 0 Å². The second-order valence-electron chi connectivity index (χ2n) is 3.18. The number of hydrogen-bond acceptors (Lipinski definition) is 4. The zero-order chi connectivity index (χ0) is 11.3. The summed E-state index contributed by atoms with van der Waals surface area (Å²) < 4.78 is 0. The van der Waals surface area contributed by atoms with E-state index in [1.54, 1.807) is 0 Å². The van der Waals surface area contributed by atoms with Crippen molar-refractivity contribution in [1.82, 2.24) is 0 Å². The molecule has 0 aliphatic rings. The van der Waals surface area contributed by atoms with E-state index in [0.29, 0.717) is 0 Å². The van der Waals surface area contributed by atoms with E-state index < -0.39 is 36.5 Å². The number of carboxylic acid groups (broad SMARTS) is 2. The fourth-order valence-electron chi connectivity index (χ4n) is 0.971. The molecule has 0 amide bonds. The van der Waals surface area contributed by atoms with Crippen molar-refractivity contribution in [3.63, 3.8) is 0 Å². The van der Waals surface area contributed by atoms with Gasteiger partial charge in [-0.3, -0.25) is 9.59 Å². The van der Waals surface area contributed by atoms with Gasteiger partial charge in [0.2, 0.25) is 0 Å². The molecule has 14 heavy (non-hydrogen) atoms. The Balaban J connectivity index is 4.23. The lowest BCUT2D eigenvalue weighted by Crippen LogP contribution is -2.29. The highest BCUT2D eigenvalue weighted by molar-refractivity contribution is 5.77. The van der Waals surface area contributed by atoms with Crippen LogP contribution in [-0.4, -0.2) is 44.6 Å². The summed E-state index contributed by atoms with van der Waals surface area (Å²) in [6.07, 6.45) is -3.10. The number of aliphatic hydroxyl groups is 2. The predicted octanol–water partition coefficient (Wildman–Crippen LogP) is -0.706. The number of rotatable bonds is 6. The van der Waals surface area contributed by atoms with Crippen molar-refractivity contribution in [3.05, 3.63) is 0 Å². The lowest BCUT2D eigenvalue weighted by molar-refractivity contribution is -0.149. The molecule has 0 rings (SSSR count). The lowest BCUT2D eigenvalue weighted by Gasteiger charge is -2.17. The highest BCUT2D eigenvalue weighted by Crippen LogP contribution is 2.14. The van der Waals surface area contributed by atoms with Crippen molar-refractivity contribution in [3.8, 4) is 0 Å². The number of hydrogen-bond donors (Lipinski definition) is 4. The Labute approximate surface area is 80.8 Å². The maximum Gasteiger partial charge on any atom is 0.307 e. The molecule has 0 spiro atoms. The van der Waals surface area contributed by atoms with Crippen LogP contribution in [0.5, 0.6) is 0 Å². The maximum absolute atomic E-state index is 10.5. The SMILES string of the molecule is CC(O)C(O)CC(CC(=O)O)C(=O)O. The van der Waals surface area contributed by atoms with Crippen molar-refractivity contribution in [2.75, 3.05) is 0 Å². The summed E-state index contributed by atoms with van der Waals surface area (Å²) >= 11 is 0. The van der Waals surface area contributed by atoms with Gasteiger partial charge in [0.15, 0.2) is 0 Å². The van der Waals surface area contributed by atoms with E-state index in [9.17, 15) is 9.59 Å². The second kappa shape index (κ2) is 5.56. The Morgan fingerprint density at radius 1 is 1.21 bits per heavy atom. The van der Waals surface area contributed by atoms with Gasteiger partial charge in [-0.05, 0) is 13.3 Å². The van der Waals surface area contributed by atoms with Crippen molar-refractivity contribution < 1.29 is 30.0 Å². The first-order valence-corrected chi connectivity index (χ1v) is 4.15. The third kappa shape index (κ3) is 4.78. The Kier molecular flexibility index (Phi) is 5.11. The Hall–Kier alpha value is -1.14. The van der Waals surface area contributed by atoms with Crippen LogP contribution in [0.4, 0.5) is 0 Å². The molecule has 0 bridgehead atoms. The molecule has 6 heteroatoms. The minimum Gasteiger partial charge on any atom is -0.481 e. The van der Waals surface area contributed by atoms with E-state index in [1.165, 1.54) is 6.92 Å². The van der Waals surface area contributed by atoms with E-state index >= 15 is 0 Å². The summed E-state index contributed by atoms with van der Waals surface area (Å²) in [7, 11) is 0. The quantitative estimate of drug-likeness (QED) is 0.456. The van der Waals surface area contributed by atoms with Crippen LogP contribution in [0.3, 0.4) is 0 Å². The van der Waals surface area contributed by atoms with E-state index in [-0.39, 0.29) is 6.42 Å². The normalized spacial score (nSPS) is 17.1. The molecule has 0 saturated carbocycles. The highest BCUT2D eigenvalue weighted by atomic mass is 16.4. The number of aliphatic carboxylic acids is 2. The molecule has 3 atom stereocenters. The first-order valence-electron chi connectivity index (χ1n) is 4.15. The van der Waals surface area contributed by atoms with Crippen molar-refractivity contribution in [1.29, 1.82) is 0 Å². The number of aliphatic hydroxyl groups excluding tert-OH is 2. The molecule has 3 unspecified atom stereocenters. The minimum atomic E-state index is -1.29. The van der Waals surface area contributed by atoms with Gasteiger partial charge in [-0.15, -0.1) is 0 Å². The Bertz CT molecular complexity index is 212. The van der Waals surface area contributed by atoms with Crippen LogP contribution in [0.15, 0.2) is 0 Å². The molecular weight excluding hydrogens is 192 g/mol. The smallest absolute Gasteiger partial charge is 0.307 e. The zero-order valence-corrected chi connectivity index (χ0v) is 7.75. The molecule has 4 N–H and O–H groups in total. The summed E-state index contributed by atoms with van der Waals surface area (Å²) in [6, 6.07) is 0. The molecule has 82 valence electrons. The standard InChI is InChI=1S/C8H14O6/c1-4(9)6(10)2-5(8(13)14)3-7(11)12/h4-6,9-10H,2-3H2,1H3,(H,11,12)(H,13,14). The van der Waals surface area contributed by atoms with Gasteiger partial charge in [-0.1, -0.05) is 0 Å². The Morgan fingerprint density at radius 2 is 1.71 bits per heavy atom. The fourth-order valence-corrected chi connectivity index (χ4v) is 0.971. The van der Waals surface area contributed by atoms with E-state index in [0.717, 1.165) is 0 Å². The molecule has 0 radical (unpaired) electrons.